The van der Waals surface area contributed by atoms with Gasteiger partial charge in [-0.25, -0.2) is 0 Å². The Morgan fingerprint density at radius 2 is 1.67 bits per heavy atom. The molecule has 1 aliphatic heterocycles. The Bertz CT molecular complexity index is 899. The van der Waals surface area contributed by atoms with Gasteiger partial charge in [0.05, 0.1) is 13.2 Å². The van der Waals surface area contributed by atoms with E-state index >= 15 is 0 Å². The van der Waals surface area contributed by atoms with E-state index in [0.717, 1.165) is 37.5 Å². The number of hydrogen-bond acceptors (Lipinski definition) is 4. The molecule has 2 aromatic rings. The maximum Gasteiger partial charge on any atom is 0.246 e. The number of anilines is 1. The number of ether oxygens (including phenoxy) is 2. The highest BCUT2D eigenvalue weighted by atomic mass is 16.5. The number of nitrogens with zero attached hydrogens (tertiary/aromatic N) is 2. The minimum absolute atomic E-state index is 0.0439. The van der Waals surface area contributed by atoms with Crippen molar-refractivity contribution in [2.75, 3.05) is 44.3 Å². The van der Waals surface area contributed by atoms with Crippen molar-refractivity contribution < 1.29 is 14.3 Å². The molecule has 30 heavy (non-hydrogen) atoms. The van der Waals surface area contributed by atoms with Crippen LogP contribution in [0, 0.1) is 13.8 Å². The highest BCUT2D eigenvalue weighted by molar-refractivity contribution is 5.92. The topological polar surface area (TPSA) is 42.0 Å². The number of rotatable bonds is 7. The van der Waals surface area contributed by atoms with Crippen LogP contribution in [0.5, 0.6) is 11.5 Å². The van der Waals surface area contributed by atoms with E-state index in [0.29, 0.717) is 19.0 Å². The number of aryl methyl sites for hydroxylation is 1. The summed E-state index contributed by atoms with van der Waals surface area (Å²) in [4.78, 5) is 17.0. The summed E-state index contributed by atoms with van der Waals surface area (Å²) in [6, 6.07) is 12.2. The third-order valence-corrected chi connectivity index (χ3v) is 5.49. The number of carbonyl (C=O) groups is 1. The summed E-state index contributed by atoms with van der Waals surface area (Å²) in [6.07, 6.45) is 3.50. The van der Waals surface area contributed by atoms with Crippen LogP contribution in [0.15, 0.2) is 42.5 Å². The molecule has 160 valence electrons. The Morgan fingerprint density at radius 3 is 2.37 bits per heavy atom. The largest absolute Gasteiger partial charge is 0.490 e. The van der Waals surface area contributed by atoms with Gasteiger partial charge in [-0.15, -0.1) is 0 Å². The zero-order valence-electron chi connectivity index (χ0n) is 18.5. The van der Waals surface area contributed by atoms with Gasteiger partial charge in [-0.1, -0.05) is 18.2 Å². The molecule has 0 bridgehead atoms. The molecule has 1 aliphatic rings. The first-order valence-corrected chi connectivity index (χ1v) is 10.7. The Balaban J connectivity index is 1.61. The quantitative estimate of drug-likeness (QED) is 0.634. The van der Waals surface area contributed by atoms with Gasteiger partial charge in [0.15, 0.2) is 11.5 Å². The van der Waals surface area contributed by atoms with Crippen LogP contribution in [0.25, 0.3) is 6.08 Å². The highest BCUT2D eigenvalue weighted by Crippen LogP contribution is 2.29. The van der Waals surface area contributed by atoms with Crippen LogP contribution in [-0.2, 0) is 4.79 Å². The molecule has 0 saturated carbocycles. The van der Waals surface area contributed by atoms with Crippen molar-refractivity contribution in [1.29, 1.82) is 0 Å². The normalized spacial score (nSPS) is 14.3. The molecule has 5 nitrogen and oxygen atoms in total. The lowest BCUT2D eigenvalue weighted by atomic mass is 10.1. The minimum Gasteiger partial charge on any atom is -0.490 e. The van der Waals surface area contributed by atoms with Gasteiger partial charge in [0, 0.05) is 37.9 Å². The van der Waals surface area contributed by atoms with E-state index in [4.69, 9.17) is 9.47 Å². The summed E-state index contributed by atoms with van der Waals surface area (Å²) in [5.74, 6) is 1.48. The molecule has 0 spiro atoms. The SMILES string of the molecule is CCOc1ccc(/C=C/C(=O)N2CCN(c3cccc(C)c3C)CC2)cc1OCC. The molecule has 1 heterocycles. The van der Waals surface area contributed by atoms with E-state index in [9.17, 15) is 4.79 Å². The summed E-state index contributed by atoms with van der Waals surface area (Å²) in [5, 5.41) is 0. The van der Waals surface area contributed by atoms with Gasteiger partial charge in [-0.2, -0.15) is 0 Å². The van der Waals surface area contributed by atoms with Crippen molar-refractivity contribution >= 4 is 17.7 Å². The van der Waals surface area contributed by atoms with Gasteiger partial charge in [-0.05, 0) is 68.7 Å². The summed E-state index contributed by atoms with van der Waals surface area (Å²) < 4.78 is 11.3. The van der Waals surface area contributed by atoms with Gasteiger partial charge in [0.2, 0.25) is 5.91 Å². The van der Waals surface area contributed by atoms with Gasteiger partial charge in [0.1, 0.15) is 0 Å². The zero-order chi connectivity index (χ0) is 21.5. The number of piperazine rings is 1. The zero-order valence-corrected chi connectivity index (χ0v) is 18.5. The van der Waals surface area contributed by atoms with E-state index in [1.807, 2.05) is 43.0 Å². The lowest BCUT2D eigenvalue weighted by molar-refractivity contribution is -0.126. The second kappa shape index (κ2) is 10.2. The fourth-order valence-corrected chi connectivity index (χ4v) is 3.69. The average molecular weight is 409 g/mol. The van der Waals surface area contributed by atoms with Crippen LogP contribution in [0.4, 0.5) is 5.69 Å². The number of carbonyl (C=O) groups excluding carboxylic acids is 1. The molecule has 1 saturated heterocycles. The van der Waals surface area contributed by atoms with Crippen LogP contribution >= 0.6 is 0 Å². The predicted molar refractivity (Wildman–Crippen MR) is 123 cm³/mol. The summed E-state index contributed by atoms with van der Waals surface area (Å²) in [5.41, 5.74) is 4.81. The third-order valence-electron chi connectivity index (χ3n) is 5.49. The Kier molecular flexibility index (Phi) is 7.39. The molecular weight excluding hydrogens is 376 g/mol. The Hall–Kier alpha value is -2.95. The predicted octanol–water partition coefficient (Wildman–Crippen LogP) is 4.46. The second-order valence-electron chi connectivity index (χ2n) is 7.44. The maximum absolute atomic E-state index is 12.7. The van der Waals surface area contributed by atoms with E-state index in [-0.39, 0.29) is 5.91 Å². The van der Waals surface area contributed by atoms with Crippen LogP contribution in [0.2, 0.25) is 0 Å². The van der Waals surface area contributed by atoms with E-state index < -0.39 is 0 Å². The average Bonchev–Trinajstić information content (AvgIpc) is 2.76. The standard InChI is InChI=1S/C25H32N2O3/c1-5-29-23-12-10-21(18-24(23)30-6-2)11-13-25(28)27-16-14-26(15-17-27)22-9-7-8-19(3)20(22)4/h7-13,18H,5-6,14-17H2,1-4H3/b13-11+. The summed E-state index contributed by atoms with van der Waals surface area (Å²) in [7, 11) is 0. The molecule has 0 unspecified atom stereocenters. The summed E-state index contributed by atoms with van der Waals surface area (Å²) in [6.45, 7) is 12.5. The van der Waals surface area contributed by atoms with Crippen molar-refractivity contribution in [3.05, 3.63) is 59.2 Å². The Labute approximate surface area is 179 Å². The van der Waals surface area contributed by atoms with Crippen molar-refractivity contribution in [1.82, 2.24) is 4.90 Å². The van der Waals surface area contributed by atoms with E-state index in [1.54, 1.807) is 6.08 Å². The summed E-state index contributed by atoms with van der Waals surface area (Å²) >= 11 is 0. The second-order valence-corrected chi connectivity index (χ2v) is 7.44. The van der Waals surface area contributed by atoms with Crippen LogP contribution in [-0.4, -0.2) is 50.2 Å². The fraction of sp³-hybridized carbons (Fsp3) is 0.400. The third kappa shape index (κ3) is 5.15. The number of hydrogen-bond donors (Lipinski definition) is 0. The van der Waals surface area contributed by atoms with E-state index in [2.05, 4.69) is 36.9 Å². The molecule has 0 radical (unpaired) electrons. The van der Waals surface area contributed by atoms with Crippen molar-refractivity contribution in [2.45, 2.75) is 27.7 Å². The van der Waals surface area contributed by atoms with Crippen molar-refractivity contribution in [3.8, 4) is 11.5 Å². The smallest absolute Gasteiger partial charge is 0.246 e. The van der Waals surface area contributed by atoms with Crippen LogP contribution in [0.3, 0.4) is 0 Å². The van der Waals surface area contributed by atoms with Gasteiger partial charge < -0.3 is 19.3 Å². The fourth-order valence-electron chi connectivity index (χ4n) is 3.69. The van der Waals surface area contributed by atoms with Crippen molar-refractivity contribution in [2.24, 2.45) is 0 Å². The lowest BCUT2D eigenvalue weighted by Crippen LogP contribution is -2.48. The molecule has 5 heteroatoms. The molecule has 0 N–H and O–H groups in total. The molecular formula is C25H32N2O3. The van der Waals surface area contributed by atoms with E-state index in [1.165, 1.54) is 16.8 Å². The molecule has 3 rings (SSSR count). The first kappa shape index (κ1) is 21.8. The monoisotopic (exact) mass is 408 g/mol. The highest BCUT2D eigenvalue weighted by Gasteiger charge is 2.21. The molecule has 0 aromatic heterocycles. The molecule has 0 atom stereocenters. The van der Waals surface area contributed by atoms with Crippen LogP contribution in [0.1, 0.15) is 30.5 Å². The first-order valence-electron chi connectivity index (χ1n) is 10.7. The number of benzene rings is 2. The lowest BCUT2D eigenvalue weighted by Gasteiger charge is -2.36. The number of amides is 1. The molecule has 1 amide bonds. The van der Waals surface area contributed by atoms with Crippen LogP contribution < -0.4 is 14.4 Å². The maximum atomic E-state index is 12.7. The van der Waals surface area contributed by atoms with Gasteiger partial charge in [-0.3, -0.25) is 4.79 Å². The molecule has 2 aromatic carbocycles. The minimum atomic E-state index is 0.0439. The molecule has 1 fully saturated rings. The van der Waals surface area contributed by atoms with Crippen molar-refractivity contribution in [3.63, 3.8) is 0 Å². The first-order chi connectivity index (χ1) is 14.5. The molecule has 0 aliphatic carbocycles. The Morgan fingerprint density at radius 1 is 0.967 bits per heavy atom. The van der Waals surface area contributed by atoms with Gasteiger partial charge >= 0.3 is 0 Å². The van der Waals surface area contributed by atoms with Gasteiger partial charge in [0.25, 0.3) is 0 Å².